The molecule has 0 spiro atoms. The van der Waals surface area contributed by atoms with Crippen molar-refractivity contribution < 1.29 is 34.7 Å². The SMILES string of the molecule is Cc1ccc(Nc2nc(-c3ccccc3)nc(C)c2C[O-])cc1.[Na+]. The Hall–Kier alpha value is -1.72. The Morgan fingerprint density at radius 1 is 0.917 bits per heavy atom. The van der Waals surface area contributed by atoms with Gasteiger partial charge in [0.15, 0.2) is 5.82 Å². The van der Waals surface area contributed by atoms with Crippen LogP contribution < -0.4 is 40.0 Å². The zero-order valence-corrected chi connectivity index (χ0v) is 16.2. The van der Waals surface area contributed by atoms with E-state index < -0.39 is 0 Å². The second-order valence-corrected chi connectivity index (χ2v) is 5.46. The maximum atomic E-state index is 11.5. The summed E-state index contributed by atoms with van der Waals surface area (Å²) in [6, 6.07) is 17.8. The molecule has 2 aromatic carbocycles. The van der Waals surface area contributed by atoms with Gasteiger partial charge in [-0.15, -0.1) is 6.61 Å². The summed E-state index contributed by atoms with van der Waals surface area (Å²) >= 11 is 0. The zero-order chi connectivity index (χ0) is 16.2. The quantitative estimate of drug-likeness (QED) is 0.704. The van der Waals surface area contributed by atoms with Crippen molar-refractivity contribution >= 4 is 11.5 Å². The molecule has 1 N–H and O–H groups in total. The van der Waals surface area contributed by atoms with E-state index in [9.17, 15) is 5.11 Å². The van der Waals surface area contributed by atoms with Crippen LogP contribution in [0.15, 0.2) is 54.6 Å². The number of aryl methyl sites for hydroxylation is 2. The van der Waals surface area contributed by atoms with Gasteiger partial charge in [0.25, 0.3) is 0 Å². The number of aromatic nitrogens is 2. The number of benzene rings is 2. The molecule has 0 radical (unpaired) electrons. The maximum Gasteiger partial charge on any atom is 1.00 e. The van der Waals surface area contributed by atoms with E-state index in [4.69, 9.17) is 0 Å². The first-order valence-electron chi connectivity index (χ1n) is 7.52. The van der Waals surface area contributed by atoms with Crippen LogP contribution in [0, 0.1) is 13.8 Å². The van der Waals surface area contributed by atoms with Gasteiger partial charge < -0.3 is 10.4 Å². The van der Waals surface area contributed by atoms with Gasteiger partial charge in [-0.2, -0.15) is 0 Å². The molecule has 0 fully saturated rings. The summed E-state index contributed by atoms with van der Waals surface area (Å²) in [4.78, 5) is 9.05. The van der Waals surface area contributed by atoms with Crippen LogP contribution in [0.25, 0.3) is 11.4 Å². The second-order valence-electron chi connectivity index (χ2n) is 5.46. The maximum absolute atomic E-state index is 11.5. The molecule has 0 aliphatic carbocycles. The summed E-state index contributed by atoms with van der Waals surface area (Å²) in [6.45, 7) is 3.53. The van der Waals surface area contributed by atoms with Crippen molar-refractivity contribution in [1.82, 2.24) is 9.97 Å². The van der Waals surface area contributed by atoms with Gasteiger partial charge in [0.2, 0.25) is 0 Å². The van der Waals surface area contributed by atoms with Gasteiger partial charge in [0.05, 0.1) is 0 Å². The van der Waals surface area contributed by atoms with Crippen LogP contribution >= 0.6 is 0 Å². The normalized spacial score (nSPS) is 10.1. The minimum Gasteiger partial charge on any atom is -0.851 e. The van der Waals surface area contributed by atoms with E-state index in [0.717, 1.165) is 11.3 Å². The molecule has 0 aliphatic rings. The van der Waals surface area contributed by atoms with Crippen LogP contribution in [0.1, 0.15) is 16.8 Å². The largest absolute Gasteiger partial charge is 1.00 e. The van der Waals surface area contributed by atoms with Crippen LogP contribution in [0.2, 0.25) is 0 Å². The molecule has 0 amide bonds. The number of hydrogen-bond acceptors (Lipinski definition) is 4. The number of nitrogens with zero attached hydrogens (tertiary/aromatic N) is 2. The number of nitrogens with one attached hydrogen (secondary N) is 1. The molecule has 3 aromatic rings. The summed E-state index contributed by atoms with van der Waals surface area (Å²) in [6.07, 6.45) is 0. The van der Waals surface area contributed by atoms with E-state index in [-0.39, 0.29) is 36.2 Å². The first kappa shape index (κ1) is 18.6. The van der Waals surface area contributed by atoms with E-state index in [0.29, 0.717) is 22.9 Å². The minimum atomic E-state index is -0.352. The van der Waals surface area contributed by atoms with Crippen molar-refractivity contribution in [2.45, 2.75) is 20.5 Å². The molecule has 0 unspecified atom stereocenters. The van der Waals surface area contributed by atoms with E-state index in [1.165, 1.54) is 5.56 Å². The second kappa shape index (κ2) is 8.40. The standard InChI is InChI=1S/C19H18N3O.Na/c1-13-8-10-16(11-9-13)21-19-17(12-23)14(2)20-18(22-19)15-6-4-3-5-7-15;/h3-11H,12H2,1-2H3,(H,20,21,22);/q-1;+1. The average molecular weight is 327 g/mol. The van der Waals surface area contributed by atoms with Crippen molar-refractivity contribution in [3.05, 3.63) is 71.4 Å². The Kier molecular flexibility index (Phi) is 6.52. The average Bonchev–Trinajstić information content (AvgIpc) is 2.57. The van der Waals surface area contributed by atoms with Crippen LogP contribution in [0.5, 0.6) is 0 Å². The molecular formula is C19H18N3NaO. The zero-order valence-electron chi connectivity index (χ0n) is 14.2. The fourth-order valence-corrected chi connectivity index (χ4v) is 2.36. The Morgan fingerprint density at radius 2 is 1.58 bits per heavy atom. The fourth-order valence-electron chi connectivity index (χ4n) is 2.36. The van der Waals surface area contributed by atoms with Gasteiger partial charge in [0, 0.05) is 16.9 Å². The number of anilines is 2. The summed E-state index contributed by atoms with van der Waals surface area (Å²) in [5.41, 5.74) is 4.33. The molecule has 0 aliphatic heterocycles. The molecule has 24 heavy (non-hydrogen) atoms. The van der Waals surface area contributed by atoms with Crippen LogP contribution in [0.4, 0.5) is 11.5 Å². The van der Waals surface area contributed by atoms with E-state index in [1.807, 2.05) is 68.4 Å². The van der Waals surface area contributed by atoms with Crippen molar-refractivity contribution in [1.29, 1.82) is 0 Å². The first-order chi connectivity index (χ1) is 11.2. The smallest absolute Gasteiger partial charge is 0.851 e. The van der Waals surface area contributed by atoms with Crippen molar-refractivity contribution in [3.8, 4) is 11.4 Å². The monoisotopic (exact) mass is 327 g/mol. The number of rotatable bonds is 4. The molecule has 5 heteroatoms. The van der Waals surface area contributed by atoms with Gasteiger partial charge in [-0.25, -0.2) is 9.97 Å². The molecule has 1 heterocycles. The fraction of sp³-hybridized carbons (Fsp3) is 0.158. The van der Waals surface area contributed by atoms with E-state index in [1.54, 1.807) is 0 Å². The topological polar surface area (TPSA) is 60.9 Å². The molecule has 0 saturated heterocycles. The Balaban J connectivity index is 0.00000208. The first-order valence-corrected chi connectivity index (χ1v) is 7.52. The third-order valence-electron chi connectivity index (χ3n) is 3.70. The predicted octanol–water partition coefficient (Wildman–Crippen LogP) is 0.368. The minimum absolute atomic E-state index is 0. The molecule has 0 bridgehead atoms. The van der Waals surface area contributed by atoms with Gasteiger partial charge >= 0.3 is 29.6 Å². The molecular weight excluding hydrogens is 309 g/mol. The third-order valence-corrected chi connectivity index (χ3v) is 3.70. The van der Waals surface area contributed by atoms with Gasteiger partial charge in [-0.05, 0) is 31.5 Å². The summed E-state index contributed by atoms with van der Waals surface area (Å²) in [5, 5.41) is 14.8. The molecule has 4 nitrogen and oxygen atoms in total. The van der Waals surface area contributed by atoms with Crippen LogP contribution in [-0.4, -0.2) is 9.97 Å². The molecule has 3 rings (SSSR count). The summed E-state index contributed by atoms with van der Waals surface area (Å²) < 4.78 is 0. The summed E-state index contributed by atoms with van der Waals surface area (Å²) in [7, 11) is 0. The molecule has 1 aromatic heterocycles. The van der Waals surface area contributed by atoms with Gasteiger partial charge in [-0.1, -0.05) is 48.0 Å². The molecule has 116 valence electrons. The molecule has 0 saturated carbocycles. The predicted molar refractivity (Wildman–Crippen MR) is 90.4 cm³/mol. The number of hydrogen-bond donors (Lipinski definition) is 1. The van der Waals surface area contributed by atoms with E-state index >= 15 is 0 Å². The third kappa shape index (κ3) is 4.22. The van der Waals surface area contributed by atoms with Gasteiger partial charge in [0.1, 0.15) is 5.82 Å². The summed E-state index contributed by atoms with van der Waals surface area (Å²) in [5.74, 6) is 1.20. The van der Waals surface area contributed by atoms with Crippen molar-refractivity contribution in [2.75, 3.05) is 5.32 Å². The van der Waals surface area contributed by atoms with Crippen LogP contribution in [0.3, 0.4) is 0 Å². The Morgan fingerprint density at radius 3 is 2.21 bits per heavy atom. The van der Waals surface area contributed by atoms with Crippen molar-refractivity contribution in [2.24, 2.45) is 0 Å². The Labute approximate surface area is 164 Å². The van der Waals surface area contributed by atoms with Gasteiger partial charge in [-0.3, -0.25) is 0 Å². The molecule has 0 atom stereocenters. The van der Waals surface area contributed by atoms with Crippen molar-refractivity contribution in [3.63, 3.8) is 0 Å². The van der Waals surface area contributed by atoms with Crippen LogP contribution in [-0.2, 0) is 6.61 Å². The van der Waals surface area contributed by atoms with E-state index in [2.05, 4.69) is 15.3 Å². The Bertz CT molecular complexity index is 805.